The van der Waals surface area contributed by atoms with Crippen LogP contribution in [0.3, 0.4) is 0 Å². The Balaban J connectivity index is 1.95. The van der Waals surface area contributed by atoms with Gasteiger partial charge in [-0.05, 0) is 42.8 Å². The van der Waals surface area contributed by atoms with Crippen molar-refractivity contribution in [2.24, 2.45) is 5.73 Å². The van der Waals surface area contributed by atoms with Gasteiger partial charge < -0.3 is 21.1 Å². The van der Waals surface area contributed by atoms with Gasteiger partial charge in [0.15, 0.2) is 5.69 Å². The number of hydrogen-bond donors (Lipinski definition) is 3. The normalized spacial score (nSPS) is 12.1. The molecule has 0 saturated heterocycles. The predicted octanol–water partition coefficient (Wildman–Crippen LogP) is 2.89. The summed E-state index contributed by atoms with van der Waals surface area (Å²) < 4.78 is 45.7. The first-order valence-corrected chi connectivity index (χ1v) is 10.3. The fourth-order valence-corrected chi connectivity index (χ4v) is 3.06. The highest BCUT2D eigenvalue weighted by Gasteiger charge is 2.36. The van der Waals surface area contributed by atoms with Gasteiger partial charge in [-0.15, -0.1) is 0 Å². The van der Waals surface area contributed by atoms with Crippen molar-refractivity contribution in [2.45, 2.75) is 25.7 Å². The van der Waals surface area contributed by atoms with Crippen molar-refractivity contribution in [3.05, 3.63) is 77.1 Å². The van der Waals surface area contributed by atoms with Gasteiger partial charge in [-0.25, -0.2) is 9.48 Å². The Kier molecular flexibility index (Phi) is 7.55. The number of aromatic nitrogens is 2. The van der Waals surface area contributed by atoms with E-state index in [2.05, 4.69) is 20.5 Å². The Labute approximate surface area is 198 Å². The molecule has 35 heavy (non-hydrogen) atoms. The van der Waals surface area contributed by atoms with Crippen molar-refractivity contribution in [1.82, 2.24) is 15.1 Å². The topological polar surface area (TPSA) is 128 Å². The number of benzene rings is 2. The average molecular weight is 489 g/mol. The number of rotatable bonds is 7. The van der Waals surface area contributed by atoms with Gasteiger partial charge in [-0.2, -0.15) is 18.3 Å². The van der Waals surface area contributed by atoms with Gasteiger partial charge in [0.05, 0.1) is 24.4 Å². The summed E-state index contributed by atoms with van der Waals surface area (Å²) >= 11 is 0. The Morgan fingerprint density at radius 2 is 1.83 bits per heavy atom. The molecular weight excluding hydrogens is 467 g/mol. The summed E-state index contributed by atoms with van der Waals surface area (Å²) in [7, 11) is 1.20. The molecule has 4 N–H and O–H groups in total. The largest absolute Gasteiger partial charge is 0.465 e. The van der Waals surface area contributed by atoms with Crippen LogP contribution in [0.1, 0.15) is 39.0 Å². The molecule has 1 aromatic heterocycles. The number of amides is 2. The number of hydrogen-bond acceptors (Lipinski definition) is 6. The molecule has 0 aliphatic carbocycles. The summed E-state index contributed by atoms with van der Waals surface area (Å²) in [6, 6.07) is 11.8. The van der Waals surface area contributed by atoms with Gasteiger partial charge in [-0.1, -0.05) is 18.2 Å². The summed E-state index contributed by atoms with van der Waals surface area (Å²) in [5, 5.41) is 8.67. The summed E-state index contributed by atoms with van der Waals surface area (Å²) in [6.07, 6.45) is -4.80. The van der Waals surface area contributed by atoms with E-state index < -0.39 is 41.4 Å². The molecule has 0 fully saturated rings. The molecule has 0 unspecified atom stereocenters. The van der Waals surface area contributed by atoms with E-state index in [-0.39, 0.29) is 23.5 Å². The number of nitrogens with zero attached hydrogens (tertiary/aromatic N) is 2. The van der Waals surface area contributed by atoms with Crippen molar-refractivity contribution in [2.75, 3.05) is 12.4 Å². The zero-order valence-corrected chi connectivity index (χ0v) is 18.7. The van der Waals surface area contributed by atoms with Crippen LogP contribution in [0, 0.1) is 0 Å². The number of anilines is 1. The standard InChI is InChI=1S/C23H22F3N5O4/c1-13(27)20(32)28-12-14-5-3-8-17(9-14)31-18(11-19(30-31)23(24,25)26)21(33)29-16-7-4-6-15(10-16)22(34)35-2/h3-11,13H,12,27H2,1-2H3,(H,28,32)(H,29,33)/t13-/m0/s1. The highest BCUT2D eigenvalue weighted by Crippen LogP contribution is 2.30. The van der Waals surface area contributed by atoms with E-state index in [1.165, 1.54) is 50.4 Å². The van der Waals surface area contributed by atoms with Crippen molar-refractivity contribution >= 4 is 23.5 Å². The number of alkyl halides is 3. The third-order valence-corrected chi connectivity index (χ3v) is 4.81. The molecule has 0 radical (unpaired) electrons. The van der Waals surface area contributed by atoms with Crippen LogP contribution in [0.2, 0.25) is 0 Å². The number of esters is 1. The number of carbonyl (C=O) groups excluding carboxylic acids is 3. The monoisotopic (exact) mass is 489 g/mol. The molecule has 9 nitrogen and oxygen atoms in total. The number of nitrogens with two attached hydrogens (primary N) is 1. The van der Waals surface area contributed by atoms with Gasteiger partial charge >= 0.3 is 12.1 Å². The number of halogens is 3. The predicted molar refractivity (Wildman–Crippen MR) is 120 cm³/mol. The zero-order valence-electron chi connectivity index (χ0n) is 18.7. The summed E-state index contributed by atoms with van der Waals surface area (Å²) in [4.78, 5) is 36.4. The van der Waals surface area contributed by atoms with Gasteiger partial charge in [0.1, 0.15) is 5.69 Å². The SMILES string of the molecule is COC(=O)c1cccc(NC(=O)c2cc(C(F)(F)F)nn2-c2cccc(CNC(=O)[C@H](C)N)c2)c1. The van der Waals surface area contributed by atoms with Gasteiger partial charge in [-0.3, -0.25) is 9.59 Å². The van der Waals surface area contributed by atoms with Crippen LogP contribution in [0.25, 0.3) is 5.69 Å². The van der Waals surface area contributed by atoms with E-state index in [1.807, 2.05) is 0 Å². The first-order valence-electron chi connectivity index (χ1n) is 10.3. The smallest absolute Gasteiger partial charge is 0.435 e. The van der Waals surface area contributed by atoms with Crippen LogP contribution in [0.5, 0.6) is 0 Å². The fourth-order valence-electron chi connectivity index (χ4n) is 3.06. The molecule has 3 rings (SSSR count). The quantitative estimate of drug-likeness (QED) is 0.438. The molecule has 184 valence electrons. The third kappa shape index (κ3) is 6.23. The molecule has 0 bridgehead atoms. The maximum Gasteiger partial charge on any atom is 0.435 e. The molecule has 1 atom stereocenters. The second-order valence-electron chi connectivity index (χ2n) is 7.53. The van der Waals surface area contributed by atoms with Crippen LogP contribution in [-0.4, -0.2) is 40.7 Å². The maximum absolute atomic E-state index is 13.4. The number of carbonyl (C=O) groups is 3. The molecule has 0 saturated carbocycles. The first-order chi connectivity index (χ1) is 16.5. The Hall–Kier alpha value is -4.19. The molecular formula is C23H22F3N5O4. The van der Waals surface area contributed by atoms with Gasteiger partial charge in [0.25, 0.3) is 5.91 Å². The van der Waals surface area contributed by atoms with Crippen molar-refractivity contribution in [3.8, 4) is 5.69 Å². The third-order valence-electron chi connectivity index (χ3n) is 4.81. The van der Waals surface area contributed by atoms with Crippen molar-refractivity contribution < 1.29 is 32.3 Å². The molecule has 3 aromatic rings. The second-order valence-corrected chi connectivity index (χ2v) is 7.53. The van der Waals surface area contributed by atoms with Crippen LogP contribution >= 0.6 is 0 Å². The van der Waals surface area contributed by atoms with Crippen molar-refractivity contribution in [3.63, 3.8) is 0 Å². The van der Waals surface area contributed by atoms with E-state index in [4.69, 9.17) is 5.73 Å². The molecule has 2 amide bonds. The summed E-state index contributed by atoms with van der Waals surface area (Å²) in [6.45, 7) is 1.59. The number of methoxy groups -OCH3 is 1. The zero-order chi connectivity index (χ0) is 25.8. The summed E-state index contributed by atoms with van der Waals surface area (Å²) in [5.74, 6) is -1.92. The minimum Gasteiger partial charge on any atom is -0.465 e. The summed E-state index contributed by atoms with van der Waals surface area (Å²) in [5.41, 5.74) is 4.90. The fraction of sp³-hybridized carbons (Fsp3) is 0.217. The van der Waals surface area contributed by atoms with E-state index in [0.717, 1.165) is 4.68 Å². The lowest BCUT2D eigenvalue weighted by molar-refractivity contribution is -0.141. The number of ether oxygens (including phenoxy) is 1. The minimum absolute atomic E-state index is 0.0729. The van der Waals surface area contributed by atoms with Crippen LogP contribution in [0.4, 0.5) is 18.9 Å². The van der Waals surface area contributed by atoms with Crippen molar-refractivity contribution in [1.29, 1.82) is 0 Å². The van der Waals surface area contributed by atoms with E-state index in [1.54, 1.807) is 12.1 Å². The molecule has 2 aromatic carbocycles. The molecule has 0 aliphatic heterocycles. The number of nitrogens with one attached hydrogen (secondary N) is 2. The first kappa shape index (κ1) is 25.4. The average Bonchev–Trinajstić information content (AvgIpc) is 3.29. The van der Waals surface area contributed by atoms with Gasteiger partial charge in [0.2, 0.25) is 5.91 Å². The van der Waals surface area contributed by atoms with Crippen LogP contribution in [-0.2, 0) is 22.3 Å². The van der Waals surface area contributed by atoms with Gasteiger partial charge in [0, 0.05) is 18.3 Å². The van der Waals surface area contributed by atoms with E-state index in [0.29, 0.717) is 11.6 Å². The van der Waals surface area contributed by atoms with Crippen LogP contribution < -0.4 is 16.4 Å². The molecule has 12 heteroatoms. The maximum atomic E-state index is 13.4. The Morgan fingerprint density at radius 3 is 2.49 bits per heavy atom. The highest BCUT2D eigenvalue weighted by molar-refractivity contribution is 6.04. The highest BCUT2D eigenvalue weighted by atomic mass is 19.4. The van der Waals surface area contributed by atoms with E-state index in [9.17, 15) is 27.6 Å². The Morgan fingerprint density at radius 1 is 1.11 bits per heavy atom. The lowest BCUT2D eigenvalue weighted by Gasteiger charge is -2.11. The second kappa shape index (κ2) is 10.4. The molecule has 0 aliphatic rings. The lowest BCUT2D eigenvalue weighted by Crippen LogP contribution is -2.37. The lowest BCUT2D eigenvalue weighted by atomic mass is 10.2. The molecule has 1 heterocycles. The molecule has 0 spiro atoms. The minimum atomic E-state index is -4.80. The Bertz CT molecular complexity index is 1250. The van der Waals surface area contributed by atoms with Crippen LogP contribution in [0.15, 0.2) is 54.6 Å². The van der Waals surface area contributed by atoms with E-state index >= 15 is 0 Å².